The summed E-state index contributed by atoms with van der Waals surface area (Å²) in [6, 6.07) is 30.1. The van der Waals surface area contributed by atoms with Crippen LogP contribution in [0.25, 0.3) is 27.5 Å². The molecule has 4 aromatic carbocycles. The Labute approximate surface area is 189 Å². The fraction of sp³-hybridized carbons (Fsp3) is 0. The van der Waals surface area contributed by atoms with E-state index < -0.39 is 0 Å². The summed E-state index contributed by atoms with van der Waals surface area (Å²) in [5.41, 5.74) is 11.6. The predicted octanol–water partition coefficient (Wildman–Crippen LogP) is 6.59. The van der Waals surface area contributed by atoms with Crippen LogP contribution >= 0.6 is 11.6 Å². The van der Waals surface area contributed by atoms with Gasteiger partial charge in [0.05, 0.1) is 11.4 Å². The number of hydrazine groups is 2. The molecule has 5 aromatic rings. The Morgan fingerprint density at radius 3 is 2.25 bits per heavy atom. The number of H-pyrrole nitrogens is 1. The molecular weight excluding hydrogens is 420 g/mol. The van der Waals surface area contributed by atoms with E-state index in [2.05, 4.69) is 46.3 Å². The fourth-order valence-electron chi connectivity index (χ4n) is 4.02. The molecule has 0 unspecified atom stereocenters. The summed E-state index contributed by atoms with van der Waals surface area (Å²) in [5, 5.41) is 4.98. The van der Waals surface area contributed by atoms with Crippen LogP contribution in [0.2, 0.25) is 5.02 Å². The molecule has 3 N–H and O–H groups in total. The van der Waals surface area contributed by atoms with Crippen LogP contribution in [0.5, 0.6) is 11.5 Å². The minimum absolute atomic E-state index is 0.725. The predicted molar refractivity (Wildman–Crippen MR) is 131 cm³/mol. The summed E-state index contributed by atoms with van der Waals surface area (Å²) >= 11 is 6.24. The van der Waals surface area contributed by atoms with Crippen LogP contribution in [0.15, 0.2) is 97.2 Å². The van der Waals surface area contributed by atoms with E-state index in [1.165, 1.54) is 0 Å². The number of hydrogen-bond acceptors (Lipinski definition) is 4. The smallest absolute Gasteiger partial charge is 0.127 e. The molecule has 5 nitrogen and oxygen atoms in total. The highest BCUT2D eigenvalue weighted by atomic mass is 35.5. The molecular formula is C26H19ClN4O. The van der Waals surface area contributed by atoms with E-state index in [0.717, 1.165) is 55.3 Å². The van der Waals surface area contributed by atoms with Crippen molar-refractivity contribution in [2.24, 2.45) is 0 Å². The first-order valence-electron chi connectivity index (χ1n) is 10.3. The number of para-hydroxylation sites is 1. The van der Waals surface area contributed by atoms with Crippen molar-refractivity contribution in [2.75, 3.05) is 5.01 Å². The first-order chi connectivity index (χ1) is 15.7. The molecule has 0 fully saturated rings. The van der Waals surface area contributed by atoms with Gasteiger partial charge in [-0.05, 0) is 72.8 Å². The molecule has 0 saturated carbocycles. The van der Waals surface area contributed by atoms with Gasteiger partial charge in [-0.15, -0.1) is 5.53 Å². The van der Waals surface area contributed by atoms with E-state index in [-0.39, 0.29) is 0 Å². The van der Waals surface area contributed by atoms with Gasteiger partial charge in [0.15, 0.2) is 0 Å². The second kappa shape index (κ2) is 7.64. The molecule has 0 spiro atoms. The Kier molecular flexibility index (Phi) is 4.49. The number of aromatic amines is 1. The fourth-order valence-corrected chi connectivity index (χ4v) is 4.19. The third kappa shape index (κ3) is 3.34. The molecule has 32 heavy (non-hydrogen) atoms. The molecule has 1 aliphatic rings. The molecule has 6 heteroatoms. The summed E-state index contributed by atoms with van der Waals surface area (Å²) < 4.78 is 5.92. The zero-order valence-electron chi connectivity index (χ0n) is 17.0. The lowest BCUT2D eigenvalue weighted by Gasteiger charge is -2.22. The van der Waals surface area contributed by atoms with Crippen molar-refractivity contribution in [3.05, 3.63) is 108 Å². The second-order valence-corrected chi connectivity index (χ2v) is 8.04. The van der Waals surface area contributed by atoms with Crippen molar-refractivity contribution in [3.63, 3.8) is 0 Å². The van der Waals surface area contributed by atoms with Crippen LogP contribution in [0.3, 0.4) is 0 Å². The second-order valence-electron chi connectivity index (χ2n) is 7.61. The SMILES string of the molecule is Clc1ccc2[nH]c3ccc(N4NNC=C4c4ccc(Oc5ccccc5)cc4)cc3c2c1. The lowest BCUT2D eigenvalue weighted by atomic mass is 10.1. The molecule has 6 rings (SSSR count). The highest BCUT2D eigenvalue weighted by molar-refractivity contribution is 6.31. The third-order valence-electron chi connectivity index (χ3n) is 5.56. The average molecular weight is 439 g/mol. The van der Waals surface area contributed by atoms with Crippen LogP contribution in [-0.4, -0.2) is 4.98 Å². The number of nitrogens with zero attached hydrogens (tertiary/aromatic N) is 1. The van der Waals surface area contributed by atoms with Crippen LogP contribution in [0.4, 0.5) is 5.69 Å². The Morgan fingerprint density at radius 2 is 1.44 bits per heavy atom. The van der Waals surface area contributed by atoms with E-state index in [1.54, 1.807) is 0 Å². The van der Waals surface area contributed by atoms with Gasteiger partial charge in [0.1, 0.15) is 11.5 Å². The van der Waals surface area contributed by atoms with Crippen LogP contribution in [0.1, 0.15) is 5.56 Å². The first kappa shape index (κ1) is 18.8. The molecule has 2 heterocycles. The number of hydrogen-bond donors (Lipinski definition) is 3. The Morgan fingerprint density at radius 1 is 0.719 bits per heavy atom. The lowest BCUT2D eigenvalue weighted by Crippen LogP contribution is -2.36. The standard InChI is InChI=1S/C26H19ClN4O/c27-18-8-12-24-22(14-18)23-15-19(9-13-25(23)29-24)31-26(16-28-30-31)17-6-10-21(11-7-17)32-20-4-2-1-3-5-20/h1-16,28-30H. The third-order valence-corrected chi connectivity index (χ3v) is 5.79. The van der Waals surface area contributed by atoms with Gasteiger partial charge >= 0.3 is 0 Å². The normalized spacial score (nSPS) is 13.4. The molecule has 0 atom stereocenters. The summed E-state index contributed by atoms with van der Waals surface area (Å²) in [6.07, 6.45) is 1.95. The first-order valence-corrected chi connectivity index (χ1v) is 10.7. The lowest BCUT2D eigenvalue weighted by molar-refractivity contribution is 0.482. The highest BCUT2D eigenvalue weighted by Crippen LogP contribution is 2.34. The quantitative estimate of drug-likeness (QED) is 0.296. The van der Waals surface area contributed by atoms with Crippen molar-refractivity contribution in [2.45, 2.75) is 0 Å². The number of anilines is 1. The molecule has 0 bridgehead atoms. The molecule has 1 aromatic heterocycles. The minimum Gasteiger partial charge on any atom is -0.457 e. The Bertz CT molecular complexity index is 1460. The van der Waals surface area contributed by atoms with Crippen LogP contribution in [-0.2, 0) is 0 Å². The van der Waals surface area contributed by atoms with Gasteiger partial charge in [-0.25, -0.2) is 0 Å². The number of aromatic nitrogens is 1. The maximum Gasteiger partial charge on any atom is 0.127 e. The van der Waals surface area contributed by atoms with E-state index >= 15 is 0 Å². The molecule has 0 amide bonds. The maximum absolute atomic E-state index is 6.24. The van der Waals surface area contributed by atoms with Crippen LogP contribution < -0.4 is 20.7 Å². The number of fused-ring (bicyclic) bond motifs is 3. The molecule has 156 valence electrons. The van der Waals surface area contributed by atoms with E-state index in [4.69, 9.17) is 16.3 Å². The Hall–Kier alpha value is -3.93. The zero-order chi connectivity index (χ0) is 21.5. The van der Waals surface area contributed by atoms with E-state index in [1.807, 2.05) is 71.9 Å². The van der Waals surface area contributed by atoms with Gasteiger partial charge in [0.2, 0.25) is 0 Å². The minimum atomic E-state index is 0.725. The zero-order valence-corrected chi connectivity index (χ0v) is 17.7. The summed E-state index contributed by atoms with van der Waals surface area (Å²) in [7, 11) is 0. The Balaban J connectivity index is 1.31. The molecule has 0 radical (unpaired) electrons. The molecule has 0 aliphatic carbocycles. The van der Waals surface area contributed by atoms with Crippen molar-refractivity contribution >= 4 is 44.8 Å². The van der Waals surface area contributed by atoms with Crippen molar-refractivity contribution in [3.8, 4) is 11.5 Å². The largest absolute Gasteiger partial charge is 0.457 e. The number of halogens is 1. The van der Waals surface area contributed by atoms with Gasteiger partial charge in [-0.3, -0.25) is 5.01 Å². The van der Waals surface area contributed by atoms with E-state index in [0.29, 0.717) is 0 Å². The number of ether oxygens (including phenoxy) is 1. The van der Waals surface area contributed by atoms with Crippen molar-refractivity contribution in [1.82, 2.24) is 15.9 Å². The average Bonchev–Trinajstić information content (AvgIpc) is 3.45. The number of rotatable bonds is 4. The van der Waals surface area contributed by atoms with Crippen molar-refractivity contribution in [1.29, 1.82) is 0 Å². The maximum atomic E-state index is 6.24. The van der Waals surface area contributed by atoms with Crippen LogP contribution in [0, 0.1) is 0 Å². The number of nitrogens with one attached hydrogen (secondary N) is 3. The molecule has 1 aliphatic heterocycles. The summed E-state index contributed by atoms with van der Waals surface area (Å²) in [5.74, 6) is 1.61. The summed E-state index contributed by atoms with van der Waals surface area (Å²) in [4.78, 5) is 3.45. The van der Waals surface area contributed by atoms with Gasteiger partial charge < -0.3 is 15.1 Å². The summed E-state index contributed by atoms with van der Waals surface area (Å²) in [6.45, 7) is 0. The topological polar surface area (TPSA) is 52.3 Å². The number of benzene rings is 4. The van der Waals surface area contributed by atoms with E-state index in [9.17, 15) is 0 Å². The van der Waals surface area contributed by atoms with Gasteiger partial charge in [0.25, 0.3) is 0 Å². The monoisotopic (exact) mass is 438 g/mol. The van der Waals surface area contributed by atoms with Gasteiger partial charge in [0, 0.05) is 38.6 Å². The van der Waals surface area contributed by atoms with Crippen molar-refractivity contribution < 1.29 is 4.74 Å². The molecule has 0 saturated heterocycles. The highest BCUT2D eigenvalue weighted by Gasteiger charge is 2.19. The van der Waals surface area contributed by atoms with Gasteiger partial charge in [-0.2, -0.15) is 0 Å². The van der Waals surface area contributed by atoms with Gasteiger partial charge in [-0.1, -0.05) is 29.8 Å².